The molecular formula is C38H51Cl2N3O5Si2. The molecular weight excluding hydrogens is 706 g/mol. The van der Waals surface area contributed by atoms with E-state index in [9.17, 15) is 9.59 Å². The summed E-state index contributed by atoms with van der Waals surface area (Å²) in [5.74, 6) is 0.440. The third kappa shape index (κ3) is 9.12. The lowest BCUT2D eigenvalue weighted by Crippen LogP contribution is -2.46. The van der Waals surface area contributed by atoms with Gasteiger partial charge in [-0.25, -0.2) is 9.78 Å². The molecule has 0 saturated carbocycles. The lowest BCUT2D eigenvalue weighted by Gasteiger charge is -2.39. The van der Waals surface area contributed by atoms with Crippen molar-refractivity contribution in [2.75, 3.05) is 6.61 Å². The Hall–Kier alpha value is -3.32. The SMILES string of the molecule is CCOC(=O)C(Cc1ccc(O[Si](C)(C)C(C)(C)C)c(O[Si](C)(C)C(C)(C)C)c1)NC(=O)Cc1c(-c2ccccc2)nc2c(Cl)cc(Cl)cn12. The molecule has 0 aliphatic heterocycles. The highest BCUT2D eigenvalue weighted by atomic mass is 35.5. The van der Waals surface area contributed by atoms with E-state index in [1.54, 1.807) is 23.6 Å². The first-order valence-corrected chi connectivity index (χ1v) is 23.6. The van der Waals surface area contributed by atoms with Gasteiger partial charge in [0, 0.05) is 18.2 Å². The first-order valence-electron chi connectivity index (χ1n) is 17.0. The van der Waals surface area contributed by atoms with Crippen LogP contribution in [0.15, 0.2) is 60.8 Å². The van der Waals surface area contributed by atoms with Gasteiger partial charge < -0.3 is 23.3 Å². The summed E-state index contributed by atoms with van der Waals surface area (Å²) in [6.07, 6.45) is 1.79. The van der Waals surface area contributed by atoms with Gasteiger partial charge >= 0.3 is 5.97 Å². The Morgan fingerprint density at radius 2 is 1.48 bits per heavy atom. The number of halogens is 2. The molecule has 0 radical (unpaired) electrons. The highest BCUT2D eigenvalue weighted by molar-refractivity contribution is 6.75. The second-order valence-corrected chi connectivity index (χ2v) is 26.0. The van der Waals surface area contributed by atoms with Crippen molar-refractivity contribution in [3.63, 3.8) is 0 Å². The molecule has 0 saturated heterocycles. The number of hydrogen-bond donors (Lipinski definition) is 1. The number of ether oxygens (including phenoxy) is 1. The van der Waals surface area contributed by atoms with Crippen molar-refractivity contribution in [2.24, 2.45) is 0 Å². The molecule has 12 heteroatoms. The van der Waals surface area contributed by atoms with E-state index in [4.69, 9.17) is 41.8 Å². The zero-order chi connectivity index (χ0) is 37.2. The second kappa shape index (κ2) is 15.1. The van der Waals surface area contributed by atoms with Gasteiger partial charge in [0.15, 0.2) is 5.65 Å². The Morgan fingerprint density at radius 1 is 0.880 bits per heavy atom. The summed E-state index contributed by atoms with van der Waals surface area (Å²) >= 11 is 12.9. The maximum Gasteiger partial charge on any atom is 0.328 e. The number of amides is 1. The monoisotopic (exact) mass is 755 g/mol. The van der Waals surface area contributed by atoms with Crippen LogP contribution in [0, 0.1) is 0 Å². The molecule has 270 valence electrons. The standard InChI is InChI=1S/C38H51Cl2N3O5Si2/c1-12-46-36(45)29(20-25-18-19-31(47-49(8,9)37(2,3)4)32(21-25)48-50(10,11)38(5,6)7)41-33(44)23-30-34(26-16-14-13-15-17-26)42-35-28(40)22-27(39)24-43(30)35/h13-19,21-22,24,29H,12,20,23H2,1-11H3,(H,41,44). The minimum atomic E-state index is -2.28. The van der Waals surface area contributed by atoms with Gasteiger partial charge in [-0.15, -0.1) is 0 Å². The number of hydrogen-bond acceptors (Lipinski definition) is 6. The molecule has 0 spiro atoms. The number of nitrogens with one attached hydrogen (secondary N) is 1. The summed E-state index contributed by atoms with van der Waals surface area (Å²) in [7, 11) is -4.48. The van der Waals surface area contributed by atoms with E-state index in [1.165, 1.54) is 0 Å². The number of carbonyl (C=O) groups is 2. The molecule has 1 amide bonds. The summed E-state index contributed by atoms with van der Waals surface area (Å²) in [5, 5.41) is 3.65. The van der Waals surface area contributed by atoms with E-state index in [2.05, 4.69) is 73.0 Å². The number of imidazole rings is 1. The van der Waals surface area contributed by atoms with Crippen molar-refractivity contribution in [3.05, 3.63) is 82.1 Å². The normalized spacial score (nSPS) is 13.2. The van der Waals surface area contributed by atoms with E-state index in [0.717, 1.165) is 11.1 Å². The number of nitrogens with zero attached hydrogens (tertiary/aromatic N) is 2. The van der Waals surface area contributed by atoms with E-state index in [0.29, 0.717) is 38.6 Å². The summed E-state index contributed by atoms with van der Waals surface area (Å²) in [5.41, 5.74) is 3.30. The third-order valence-electron chi connectivity index (χ3n) is 9.81. The van der Waals surface area contributed by atoms with Gasteiger partial charge in [0.2, 0.25) is 5.91 Å². The van der Waals surface area contributed by atoms with Crippen LogP contribution in [-0.2, 0) is 27.2 Å². The molecule has 4 aromatic rings. The van der Waals surface area contributed by atoms with Gasteiger partial charge in [0.1, 0.15) is 17.5 Å². The van der Waals surface area contributed by atoms with E-state index >= 15 is 0 Å². The molecule has 0 aliphatic rings. The first-order chi connectivity index (χ1) is 23.1. The van der Waals surface area contributed by atoms with Gasteiger partial charge in [-0.2, -0.15) is 0 Å². The molecule has 2 aromatic heterocycles. The molecule has 4 rings (SSSR count). The van der Waals surface area contributed by atoms with Crippen LogP contribution >= 0.6 is 23.2 Å². The second-order valence-electron chi connectivity index (χ2n) is 15.7. The number of fused-ring (bicyclic) bond motifs is 1. The summed E-state index contributed by atoms with van der Waals surface area (Å²) in [6.45, 7) is 23.9. The fourth-order valence-electron chi connectivity index (χ4n) is 4.88. The van der Waals surface area contributed by atoms with Crippen LogP contribution in [0.2, 0.25) is 46.3 Å². The number of esters is 1. The maximum atomic E-state index is 13.8. The molecule has 2 heterocycles. The highest BCUT2D eigenvalue weighted by Crippen LogP contribution is 2.44. The molecule has 50 heavy (non-hydrogen) atoms. The molecule has 1 atom stereocenters. The smallest absolute Gasteiger partial charge is 0.328 e. The number of benzene rings is 2. The molecule has 2 aromatic carbocycles. The molecule has 1 unspecified atom stereocenters. The summed E-state index contributed by atoms with van der Waals surface area (Å²) in [4.78, 5) is 32.0. The van der Waals surface area contributed by atoms with Crippen LogP contribution in [0.4, 0.5) is 0 Å². The van der Waals surface area contributed by atoms with Crippen LogP contribution in [0.1, 0.15) is 59.7 Å². The largest absolute Gasteiger partial charge is 0.541 e. The van der Waals surface area contributed by atoms with E-state index < -0.39 is 28.6 Å². The first kappa shape index (κ1) is 39.5. The zero-order valence-electron chi connectivity index (χ0n) is 31.2. The van der Waals surface area contributed by atoms with Crippen molar-refractivity contribution >= 4 is 57.4 Å². The third-order valence-corrected chi connectivity index (χ3v) is 19.0. The number of pyridine rings is 1. The predicted octanol–water partition coefficient (Wildman–Crippen LogP) is 9.91. The molecule has 0 aliphatic carbocycles. The lowest BCUT2D eigenvalue weighted by molar-refractivity contribution is -0.147. The maximum absolute atomic E-state index is 13.8. The summed E-state index contributed by atoms with van der Waals surface area (Å²) in [6, 6.07) is 16.0. The van der Waals surface area contributed by atoms with Gasteiger partial charge in [-0.05, 0) is 67.0 Å². The average Bonchev–Trinajstić information content (AvgIpc) is 3.35. The lowest BCUT2D eigenvalue weighted by atomic mass is 10.0. The number of carbonyl (C=O) groups excluding carboxylic acids is 2. The number of aromatic nitrogens is 2. The Bertz CT molecular complexity index is 1850. The highest BCUT2D eigenvalue weighted by Gasteiger charge is 2.42. The minimum absolute atomic E-state index is 0.0168. The predicted molar refractivity (Wildman–Crippen MR) is 209 cm³/mol. The Balaban J connectivity index is 1.69. The molecule has 0 fully saturated rings. The Morgan fingerprint density at radius 3 is 2.06 bits per heavy atom. The topological polar surface area (TPSA) is 91.2 Å². The van der Waals surface area contributed by atoms with Crippen LogP contribution in [0.25, 0.3) is 16.9 Å². The van der Waals surface area contributed by atoms with Crippen molar-refractivity contribution in [1.82, 2.24) is 14.7 Å². The average molecular weight is 757 g/mol. The molecule has 0 bridgehead atoms. The van der Waals surface area contributed by atoms with Gasteiger partial charge in [-0.1, -0.05) is 101 Å². The van der Waals surface area contributed by atoms with Gasteiger partial charge in [0.25, 0.3) is 16.6 Å². The minimum Gasteiger partial charge on any atom is -0.541 e. The van der Waals surface area contributed by atoms with Gasteiger partial charge in [0.05, 0.1) is 34.5 Å². The zero-order valence-corrected chi connectivity index (χ0v) is 34.7. The van der Waals surface area contributed by atoms with Crippen LogP contribution in [0.3, 0.4) is 0 Å². The summed E-state index contributed by atoms with van der Waals surface area (Å²) < 4.78 is 20.8. The Kier molecular flexibility index (Phi) is 11.9. The Labute approximate surface area is 309 Å². The fourth-order valence-corrected chi connectivity index (χ4v) is 7.44. The van der Waals surface area contributed by atoms with Crippen LogP contribution in [0.5, 0.6) is 11.5 Å². The van der Waals surface area contributed by atoms with Crippen molar-refractivity contribution < 1.29 is 23.2 Å². The number of rotatable bonds is 12. The van der Waals surface area contributed by atoms with E-state index in [1.807, 2.05) is 48.5 Å². The quantitative estimate of drug-likeness (QED) is 0.114. The van der Waals surface area contributed by atoms with Crippen molar-refractivity contribution in [2.45, 2.75) is 104 Å². The molecule has 8 nitrogen and oxygen atoms in total. The van der Waals surface area contributed by atoms with Crippen molar-refractivity contribution in [3.8, 4) is 22.8 Å². The van der Waals surface area contributed by atoms with E-state index in [-0.39, 0.29) is 35.4 Å². The fraction of sp³-hybridized carbons (Fsp3) is 0.447. The van der Waals surface area contributed by atoms with Crippen molar-refractivity contribution in [1.29, 1.82) is 0 Å². The van der Waals surface area contributed by atoms with Crippen LogP contribution in [-0.4, -0.2) is 50.5 Å². The molecule has 1 N–H and O–H groups in total. The van der Waals surface area contributed by atoms with Crippen LogP contribution < -0.4 is 14.2 Å². The van der Waals surface area contributed by atoms with Gasteiger partial charge in [-0.3, -0.25) is 4.79 Å².